The molecular weight excluding hydrogens is 319 g/mol. The van der Waals surface area contributed by atoms with Crippen molar-refractivity contribution in [3.63, 3.8) is 0 Å². The summed E-state index contributed by atoms with van der Waals surface area (Å²) in [6.45, 7) is 6.73. The van der Waals surface area contributed by atoms with Crippen LogP contribution in [-0.2, 0) is 6.16 Å². The van der Waals surface area contributed by atoms with E-state index in [1.54, 1.807) is 0 Å². The third kappa shape index (κ3) is 2.57. The van der Waals surface area contributed by atoms with E-state index in [0.29, 0.717) is 0 Å². The van der Waals surface area contributed by atoms with Gasteiger partial charge in [0, 0.05) is 0 Å². The Morgan fingerprint density at radius 2 is 1.20 bits per heavy atom. The van der Waals surface area contributed by atoms with Crippen molar-refractivity contribution in [2.45, 2.75) is 26.9 Å². The molecule has 4 aromatic rings. The molecule has 0 heterocycles. The Balaban J connectivity index is 2.27. The van der Waals surface area contributed by atoms with Crippen molar-refractivity contribution in [3.8, 4) is 11.1 Å². The van der Waals surface area contributed by atoms with Gasteiger partial charge in [0.15, 0.2) is 0 Å². The van der Waals surface area contributed by atoms with E-state index in [1.165, 1.54) is 54.9 Å². The molecule has 0 bridgehead atoms. The maximum atomic E-state index is 2.93. The predicted molar refractivity (Wildman–Crippen MR) is 115 cm³/mol. The quantitative estimate of drug-likeness (QED) is 0.345. The van der Waals surface area contributed by atoms with Gasteiger partial charge in [-0.2, -0.15) is 0 Å². The molecule has 0 spiro atoms. The first kappa shape index (κ1) is 16.3. The highest BCUT2D eigenvalue weighted by Crippen LogP contribution is 2.41. The molecule has 0 radical (unpaired) electrons. The van der Waals surface area contributed by atoms with Crippen LogP contribution in [0.15, 0.2) is 60.7 Å². The first-order chi connectivity index (χ1) is 12.1. The van der Waals surface area contributed by atoms with E-state index in [1.807, 2.05) is 0 Å². The first-order valence-electron chi connectivity index (χ1n) is 8.82. The minimum Gasteiger partial charge on any atom is -0.133 e. The van der Waals surface area contributed by atoms with Crippen LogP contribution in [0.5, 0.6) is 0 Å². The molecule has 0 aliphatic rings. The van der Waals surface area contributed by atoms with E-state index >= 15 is 0 Å². The van der Waals surface area contributed by atoms with Crippen LogP contribution < -0.4 is 0 Å². The number of aryl methyl sites for hydroxylation is 2. The molecule has 0 fully saturated rings. The summed E-state index contributed by atoms with van der Waals surface area (Å²) in [7, 11) is 2.93. The second-order valence-electron chi connectivity index (χ2n) is 6.89. The molecule has 0 aliphatic carbocycles. The standard InChI is InChI=1S/C24H23P/c1-15-12-18-8-4-6-10-20(18)23(17(15)3)24-21-11-7-5-9-19(21)13-16(2)22(24)14-25/h4-13H,14,25H2,1-3H3. The summed E-state index contributed by atoms with van der Waals surface area (Å²) in [5.41, 5.74) is 8.34. The predicted octanol–water partition coefficient (Wildman–Crippen LogP) is 6.96. The van der Waals surface area contributed by atoms with Gasteiger partial charge in [-0.3, -0.25) is 0 Å². The van der Waals surface area contributed by atoms with Crippen LogP contribution in [0.25, 0.3) is 32.7 Å². The molecule has 4 aromatic carbocycles. The number of hydrogen-bond donors (Lipinski definition) is 0. The number of benzene rings is 4. The summed E-state index contributed by atoms with van der Waals surface area (Å²) < 4.78 is 0. The molecule has 0 nitrogen and oxygen atoms in total. The van der Waals surface area contributed by atoms with E-state index in [2.05, 4.69) is 90.7 Å². The zero-order chi connectivity index (χ0) is 17.6. The largest absolute Gasteiger partial charge is 0.133 e. The summed E-state index contributed by atoms with van der Waals surface area (Å²) in [5, 5.41) is 5.34. The van der Waals surface area contributed by atoms with Gasteiger partial charge in [0.1, 0.15) is 0 Å². The molecule has 0 aliphatic heterocycles. The SMILES string of the molecule is Cc1cc2ccccc2c(-c2c(CP)c(C)cc3ccccc23)c1C. The van der Waals surface area contributed by atoms with Crippen molar-refractivity contribution in [2.75, 3.05) is 0 Å². The van der Waals surface area contributed by atoms with E-state index in [9.17, 15) is 0 Å². The molecule has 1 heteroatoms. The fourth-order valence-corrected chi connectivity index (χ4v) is 4.52. The summed E-state index contributed by atoms with van der Waals surface area (Å²) in [6.07, 6.45) is 0.966. The van der Waals surface area contributed by atoms with E-state index < -0.39 is 0 Å². The Kier molecular flexibility index (Phi) is 4.10. The molecule has 25 heavy (non-hydrogen) atoms. The van der Waals surface area contributed by atoms with Gasteiger partial charge in [0.25, 0.3) is 0 Å². The van der Waals surface area contributed by atoms with Crippen molar-refractivity contribution in [2.24, 2.45) is 0 Å². The lowest BCUT2D eigenvalue weighted by molar-refractivity contribution is 1.31. The van der Waals surface area contributed by atoms with Crippen LogP contribution in [0.1, 0.15) is 22.3 Å². The highest BCUT2D eigenvalue weighted by molar-refractivity contribution is 7.15. The Morgan fingerprint density at radius 1 is 0.680 bits per heavy atom. The number of rotatable bonds is 2. The van der Waals surface area contributed by atoms with Gasteiger partial charge in [-0.25, -0.2) is 0 Å². The third-order valence-electron chi connectivity index (χ3n) is 5.40. The van der Waals surface area contributed by atoms with Crippen LogP contribution in [0.2, 0.25) is 0 Å². The molecule has 0 aromatic heterocycles. The van der Waals surface area contributed by atoms with Crippen LogP contribution in [0.4, 0.5) is 0 Å². The van der Waals surface area contributed by atoms with E-state index in [-0.39, 0.29) is 0 Å². The summed E-state index contributed by atoms with van der Waals surface area (Å²) in [6, 6.07) is 22.2. The maximum Gasteiger partial charge on any atom is -0.00583 e. The Hall–Kier alpha value is -2.17. The number of fused-ring (bicyclic) bond motifs is 2. The maximum absolute atomic E-state index is 2.93. The van der Waals surface area contributed by atoms with Gasteiger partial charge in [-0.15, -0.1) is 9.24 Å². The van der Waals surface area contributed by atoms with E-state index in [4.69, 9.17) is 0 Å². The van der Waals surface area contributed by atoms with Gasteiger partial charge in [-0.1, -0.05) is 60.7 Å². The average Bonchev–Trinajstić information content (AvgIpc) is 2.62. The van der Waals surface area contributed by atoms with Crippen LogP contribution in [0, 0.1) is 20.8 Å². The molecule has 124 valence electrons. The van der Waals surface area contributed by atoms with Crippen molar-refractivity contribution in [3.05, 3.63) is 82.9 Å². The Bertz CT molecular complexity index is 1110. The zero-order valence-electron chi connectivity index (χ0n) is 15.1. The lowest BCUT2D eigenvalue weighted by Crippen LogP contribution is -1.97. The second-order valence-corrected chi connectivity index (χ2v) is 7.30. The monoisotopic (exact) mass is 342 g/mol. The lowest BCUT2D eigenvalue weighted by atomic mass is 9.84. The molecule has 1 atom stereocenters. The normalized spacial score (nSPS) is 11.4. The Labute approximate surface area is 152 Å². The average molecular weight is 342 g/mol. The fraction of sp³-hybridized carbons (Fsp3) is 0.167. The third-order valence-corrected chi connectivity index (χ3v) is 5.81. The second kappa shape index (κ2) is 6.28. The summed E-state index contributed by atoms with van der Waals surface area (Å²) >= 11 is 0. The smallest absolute Gasteiger partial charge is 0.00583 e. The molecule has 0 amide bonds. The van der Waals surface area contributed by atoms with Crippen molar-refractivity contribution < 1.29 is 0 Å². The summed E-state index contributed by atoms with van der Waals surface area (Å²) in [4.78, 5) is 0. The highest BCUT2D eigenvalue weighted by atomic mass is 31.0. The van der Waals surface area contributed by atoms with Gasteiger partial charge in [-0.05, 0) is 81.9 Å². The number of hydrogen-bond acceptors (Lipinski definition) is 0. The first-order valence-corrected chi connectivity index (χ1v) is 9.64. The van der Waals surface area contributed by atoms with Crippen LogP contribution in [-0.4, -0.2) is 0 Å². The molecule has 0 saturated heterocycles. The van der Waals surface area contributed by atoms with Crippen LogP contribution >= 0.6 is 9.24 Å². The van der Waals surface area contributed by atoms with Gasteiger partial charge in [0.05, 0.1) is 0 Å². The van der Waals surface area contributed by atoms with Crippen LogP contribution in [0.3, 0.4) is 0 Å². The van der Waals surface area contributed by atoms with E-state index in [0.717, 1.165) is 6.16 Å². The summed E-state index contributed by atoms with van der Waals surface area (Å²) in [5.74, 6) is 0. The van der Waals surface area contributed by atoms with Gasteiger partial charge in [0.2, 0.25) is 0 Å². The fourth-order valence-electron chi connectivity index (χ4n) is 3.99. The van der Waals surface area contributed by atoms with Gasteiger partial charge >= 0.3 is 0 Å². The van der Waals surface area contributed by atoms with Crippen molar-refractivity contribution in [1.82, 2.24) is 0 Å². The topological polar surface area (TPSA) is 0 Å². The Morgan fingerprint density at radius 3 is 1.80 bits per heavy atom. The highest BCUT2D eigenvalue weighted by Gasteiger charge is 2.17. The molecule has 0 N–H and O–H groups in total. The minimum atomic E-state index is 0.966. The molecule has 4 rings (SSSR count). The van der Waals surface area contributed by atoms with Gasteiger partial charge < -0.3 is 0 Å². The van der Waals surface area contributed by atoms with Crippen molar-refractivity contribution in [1.29, 1.82) is 0 Å². The molecule has 0 saturated carbocycles. The molecule has 1 unspecified atom stereocenters. The lowest BCUT2D eigenvalue weighted by Gasteiger charge is -2.20. The minimum absolute atomic E-state index is 0.966. The van der Waals surface area contributed by atoms with Crippen molar-refractivity contribution >= 4 is 30.8 Å². The zero-order valence-corrected chi connectivity index (χ0v) is 16.2. The molecular formula is C24H23P.